The van der Waals surface area contributed by atoms with Crippen LogP contribution in [0.5, 0.6) is 0 Å². The van der Waals surface area contributed by atoms with Crippen LogP contribution in [0.15, 0.2) is 41.3 Å². The molecule has 1 unspecified atom stereocenters. The number of ether oxygens (including phenoxy) is 1. The Morgan fingerprint density at radius 1 is 1.19 bits per heavy atom. The zero-order valence-corrected chi connectivity index (χ0v) is 16.6. The second kappa shape index (κ2) is 7.73. The summed E-state index contributed by atoms with van der Waals surface area (Å²) in [5, 5.41) is 11.9. The summed E-state index contributed by atoms with van der Waals surface area (Å²) in [6.07, 6.45) is -0.538. The summed E-state index contributed by atoms with van der Waals surface area (Å²) in [7, 11) is -3.93. The van der Waals surface area contributed by atoms with Gasteiger partial charge in [-0.15, -0.1) is 0 Å². The van der Waals surface area contributed by atoms with Crippen LogP contribution in [-0.4, -0.2) is 37.3 Å². The minimum Gasteiger partial charge on any atom is -0.371 e. The molecule has 1 saturated heterocycles. The van der Waals surface area contributed by atoms with E-state index >= 15 is 0 Å². The lowest BCUT2D eigenvalue weighted by atomic mass is 10.1. The summed E-state index contributed by atoms with van der Waals surface area (Å²) in [4.78, 5) is 10.3. The van der Waals surface area contributed by atoms with Crippen LogP contribution in [0.4, 0.5) is 5.69 Å². The highest BCUT2D eigenvalue weighted by atomic mass is 35.5. The van der Waals surface area contributed by atoms with E-state index in [1.54, 1.807) is 25.1 Å². The number of hydrogen-bond acceptors (Lipinski definition) is 5. The van der Waals surface area contributed by atoms with Crippen molar-refractivity contribution < 1.29 is 18.1 Å². The van der Waals surface area contributed by atoms with Crippen LogP contribution in [0.3, 0.4) is 0 Å². The van der Waals surface area contributed by atoms with Crippen molar-refractivity contribution in [3.63, 3.8) is 0 Å². The van der Waals surface area contributed by atoms with Crippen molar-refractivity contribution >= 4 is 38.9 Å². The molecule has 0 radical (unpaired) electrons. The molecule has 0 bridgehead atoms. The standard InChI is InChI=1S/C17H16Cl2N2O5S/c1-11-2-3-15(21(22)23)9-17(11)27(24,25)20-4-5-26-16(10-20)12-6-13(18)8-14(19)7-12/h2-3,6-9,16H,4-5,10H2,1H3. The second-order valence-corrected chi connectivity index (χ2v) is 8.91. The van der Waals surface area contributed by atoms with E-state index in [4.69, 9.17) is 27.9 Å². The predicted molar refractivity (Wildman–Crippen MR) is 102 cm³/mol. The van der Waals surface area contributed by atoms with E-state index < -0.39 is 21.1 Å². The molecular weight excluding hydrogens is 415 g/mol. The highest BCUT2D eigenvalue weighted by molar-refractivity contribution is 7.89. The minimum atomic E-state index is -3.93. The summed E-state index contributed by atoms with van der Waals surface area (Å²) in [6, 6.07) is 8.73. The number of sulfonamides is 1. The highest BCUT2D eigenvalue weighted by Crippen LogP contribution is 2.31. The van der Waals surface area contributed by atoms with Gasteiger partial charge in [0.15, 0.2) is 0 Å². The van der Waals surface area contributed by atoms with Crippen molar-refractivity contribution in [1.82, 2.24) is 4.31 Å². The van der Waals surface area contributed by atoms with E-state index in [9.17, 15) is 18.5 Å². The fraction of sp³-hybridized carbons (Fsp3) is 0.294. The molecule has 2 aromatic carbocycles. The lowest BCUT2D eigenvalue weighted by Gasteiger charge is -2.32. The molecule has 7 nitrogen and oxygen atoms in total. The zero-order chi connectivity index (χ0) is 19.8. The van der Waals surface area contributed by atoms with Gasteiger partial charge in [0.2, 0.25) is 10.0 Å². The smallest absolute Gasteiger partial charge is 0.270 e. The molecule has 0 N–H and O–H groups in total. The highest BCUT2D eigenvalue weighted by Gasteiger charge is 2.33. The molecule has 3 rings (SSSR count). The molecule has 144 valence electrons. The van der Waals surface area contributed by atoms with Crippen molar-refractivity contribution in [2.24, 2.45) is 0 Å². The Morgan fingerprint density at radius 2 is 1.85 bits per heavy atom. The van der Waals surface area contributed by atoms with Gasteiger partial charge in [-0.05, 0) is 36.2 Å². The molecule has 0 amide bonds. The van der Waals surface area contributed by atoms with Gasteiger partial charge in [0.05, 0.1) is 22.5 Å². The van der Waals surface area contributed by atoms with Gasteiger partial charge in [-0.2, -0.15) is 4.31 Å². The van der Waals surface area contributed by atoms with E-state index in [0.717, 1.165) is 6.07 Å². The van der Waals surface area contributed by atoms with E-state index in [-0.39, 0.29) is 30.3 Å². The van der Waals surface area contributed by atoms with Gasteiger partial charge in [0, 0.05) is 35.3 Å². The molecule has 0 aliphatic carbocycles. The number of nitro benzene ring substituents is 1. The van der Waals surface area contributed by atoms with Crippen molar-refractivity contribution in [1.29, 1.82) is 0 Å². The van der Waals surface area contributed by atoms with Crippen molar-refractivity contribution in [2.45, 2.75) is 17.9 Å². The lowest BCUT2D eigenvalue weighted by Crippen LogP contribution is -2.42. The Balaban J connectivity index is 1.93. The molecule has 0 saturated carbocycles. The molecule has 0 spiro atoms. The Labute approximate surface area is 166 Å². The van der Waals surface area contributed by atoms with Gasteiger partial charge >= 0.3 is 0 Å². The SMILES string of the molecule is Cc1ccc([N+](=O)[O-])cc1S(=O)(=O)N1CCOC(c2cc(Cl)cc(Cl)c2)C1. The number of benzene rings is 2. The van der Waals surface area contributed by atoms with Gasteiger partial charge < -0.3 is 4.74 Å². The quantitative estimate of drug-likeness (QED) is 0.540. The molecule has 2 aromatic rings. The van der Waals surface area contributed by atoms with Gasteiger partial charge in [-0.1, -0.05) is 29.3 Å². The largest absolute Gasteiger partial charge is 0.371 e. The summed E-state index contributed by atoms with van der Waals surface area (Å²) < 4.78 is 33.1. The average Bonchev–Trinajstić information content (AvgIpc) is 2.61. The average molecular weight is 431 g/mol. The number of halogens is 2. The fourth-order valence-corrected chi connectivity index (χ4v) is 5.14. The van der Waals surface area contributed by atoms with Gasteiger partial charge in [0.25, 0.3) is 5.69 Å². The van der Waals surface area contributed by atoms with Gasteiger partial charge in [-0.3, -0.25) is 10.1 Å². The number of aryl methyl sites for hydroxylation is 1. The summed E-state index contributed by atoms with van der Waals surface area (Å²) >= 11 is 12.0. The van der Waals surface area contributed by atoms with Crippen LogP contribution < -0.4 is 0 Å². The first-order valence-corrected chi connectivity index (χ1v) is 10.2. The Kier molecular flexibility index (Phi) is 5.73. The predicted octanol–water partition coefficient (Wildman–Crippen LogP) is 3.97. The number of morpholine rings is 1. The Morgan fingerprint density at radius 3 is 2.48 bits per heavy atom. The van der Waals surface area contributed by atoms with Crippen LogP contribution in [0.2, 0.25) is 10.0 Å². The second-order valence-electron chi connectivity index (χ2n) is 6.13. The molecule has 1 atom stereocenters. The summed E-state index contributed by atoms with van der Waals surface area (Å²) in [6.45, 7) is 1.99. The number of hydrogen-bond donors (Lipinski definition) is 0. The zero-order valence-electron chi connectivity index (χ0n) is 14.3. The Bertz CT molecular complexity index is 977. The van der Waals surface area contributed by atoms with Crippen LogP contribution in [0.1, 0.15) is 17.2 Å². The molecule has 1 fully saturated rings. The molecule has 10 heteroatoms. The summed E-state index contributed by atoms with van der Waals surface area (Å²) in [5.74, 6) is 0. The maximum Gasteiger partial charge on any atom is 0.270 e. The van der Waals surface area contributed by atoms with Gasteiger partial charge in [-0.25, -0.2) is 8.42 Å². The molecule has 0 aromatic heterocycles. The van der Waals surface area contributed by atoms with E-state index in [2.05, 4.69) is 0 Å². The molecule has 27 heavy (non-hydrogen) atoms. The van der Waals surface area contributed by atoms with E-state index in [0.29, 0.717) is 21.2 Å². The third kappa shape index (κ3) is 4.25. The van der Waals surface area contributed by atoms with Crippen LogP contribution >= 0.6 is 23.2 Å². The summed E-state index contributed by atoms with van der Waals surface area (Å²) in [5.41, 5.74) is 0.836. The molecule has 1 aliphatic rings. The number of nitro groups is 1. The maximum atomic E-state index is 13.1. The van der Waals surface area contributed by atoms with Crippen molar-refractivity contribution in [2.75, 3.05) is 19.7 Å². The number of rotatable bonds is 4. The topological polar surface area (TPSA) is 89.8 Å². The number of nitrogens with zero attached hydrogens (tertiary/aromatic N) is 2. The third-order valence-corrected chi connectivity index (χ3v) is 6.73. The monoisotopic (exact) mass is 430 g/mol. The van der Waals surface area contributed by atoms with Crippen LogP contribution in [-0.2, 0) is 14.8 Å². The lowest BCUT2D eigenvalue weighted by molar-refractivity contribution is -0.385. The van der Waals surface area contributed by atoms with Crippen LogP contribution in [0.25, 0.3) is 0 Å². The molecule has 1 aliphatic heterocycles. The number of non-ortho nitro benzene ring substituents is 1. The van der Waals surface area contributed by atoms with Crippen molar-refractivity contribution in [3.05, 3.63) is 67.7 Å². The minimum absolute atomic E-state index is 0.0567. The van der Waals surface area contributed by atoms with Crippen LogP contribution in [0, 0.1) is 17.0 Å². The molecule has 1 heterocycles. The van der Waals surface area contributed by atoms with E-state index in [1.807, 2.05) is 0 Å². The first kappa shape index (κ1) is 20.0. The Hall–Kier alpha value is -1.71. The van der Waals surface area contributed by atoms with Crippen molar-refractivity contribution in [3.8, 4) is 0 Å². The first-order valence-electron chi connectivity index (χ1n) is 8.01. The fourth-order valence-electron chi connectivity index (χ4n) is 2.93. The normalized spacial score (nSPS) is 18.4. The molecular formula is C17H16Cl2N2O5S. The van der Waals surface area contributed by atoms with Gasteiger partial charge in [0.1, 0.15) is 0 Å². The maximum absolute atomic E-state index is 13.1. The third-order valence-electron chi connectivity index (χ3n) is 4.29. The first-order chi connectivity index (χ1) is 12.7. The van der Waals surface area contributed by atoms with E-state index in [1.165, 1.54) is 16.4 Å².